The van der Waals surface area contributed by atoms with E-state index in [1.807, 2.05) is 19.2 Å². The average molecular weight is 300 g/mol. The van der Waals surface area contributed by atoms with E-state index < -0.39 is 0 Å². The number of primary amides is 1. The minimum absolute atomic E-state index is 0.364. The van der Waals surface area contributed by atoms with Gasteiger partial charge in [-0.25, -0.2) is 0 Å². The summed E-state index contributed by atoms with van der Waals surface area (Å²) in [4.78, 5) is 14.1. The van der Waals surface area contributed by atoms with E-state index in [0.29, 0.717) is 11.6 Å². The molecule has 0 bridgehead atoms. The summed E-state index contributed by atoms with van der Waals surface area (Å²) >= 11 is 0. The summed E-state index contributed by atoms with van der Waals surface area (Å²) in [5, 5.41) is 3.41. The van der Waals surface area contributed by atoms with E-state index in [1.165, 1.54) is 5.69 Å². The summed E-state index contributed by atoms with van der Waals surface area (Å²) in [6, 6.07) is 4.62. The van der Waals surface area contributed by atoms with Gasteiger partial charge in [0, 0.05) is 30.5 Å². The third-order valence-corrected chi connectivity index (χ3v) is 4.64. The molecule has 1 saturated heterocycles. The van der Waals surface area contributed by atoms with Crippen molar-refractivity contribution in [3.8, 4) is 0 Å². The molecule has 3 heterocycles. The number of fused-ring (bicyclic) bond motifs is 1. The molecule has 0 radical (unpaired) electrons. The maximum Gasteiger partial charge on any atom is 0.249 e. The van der Waals surface area contributed by atoms with Crippen LogP contribution in [0.25, 0.3) is 5.52 Å². The zero-order valence-electron chi connectivity index (χ0n) is 13.3. The van der Waals surface area contributed by atoms with Crippen LogP contribution in [0.2, 0.25) is 0 Å². The number of anilines is 1. The molecule has 1 fully saturated rings. The Hall–Kier alpha value is -2.01. The minimum atomic E-state index is -0.364. The van der Waals surface area contributed by atoms with Crippen LogP contribution >= 0.6 is 0 Å². The molecular weight excluding hydrogens is 276 g/mol. The van der Waals surface area contributed by atoms with E-state index in [0.717, 1.165) is 43.6 Å². The van der Waals surface area contributed by atoms with Gasteiger partial charge in [-0.3, -0.25) is 4.79 Å². The average Bonchev–Trinajstić information content (AvgIpc) is 2.91. The van der Waals surface area contributed by atoms with Gasteiger partial charge in [-0.15, -0.1) is 0 Å². The van der Waals surface area contributed by atoms with Crippen molar-refractivity contribution in [3.05, 3.63) is 35.7 Å². The van der Waals surface area contributed by atoms with Crippen LogP contribution in [0.1, 0.15) is 35.7 Å². The minimum Gasteiger partial charge on any atom is -0.367 e. The molecule has 0 aliphatic carbocycles. The molecule has 2 aromatic rings. The third-order valence-electron chi connectivity index (χ3n) is 4.64. The summed E-state index contributed by atoms with van der Waals surface area (Å²) in [6.07, 6.45) is 6.35. The lowest BCUT2D eigenvalue weighted by atomic mass is 10.0. The molecular formula is C17H24N4O. The molecule has 118 valence electrons. The Bertz CT molecular complexity index is 685. The molecule has 0 atom stereocenters. The Kier molecular flexibility index (Phi) is 4.07. The van der Waals surface area contributed by atoms with Gasteiger partial charge >= 0.3 is 0 Å². The van der Waals surface area contributed by atoms with E-state index in [-0.39, 0.29) is 5.91 Å². The highest BCUT2D eigenvalue weighted by molar-refractivity contribution is 5.96. The maximum atomic E-state index is 11.6. The Balaban J connectivity index is 2.05. The molecule has 5 heteroatoms. The molecule has 1 amide bonds. The molecule has 0 unspecified atom stereocenters. The molecule has 3 rings (SSSR count). The quantitative estimate of drug-likeness (QED) is 0.907. The summed E-state index contributed by atoms with van der Waals surface area (Å²) in [5.74, 6) is -0.364. The van der Waals surface area contributed by atoms with Crippen molar-refractivity contribution in [2.45, 2.75) is 32.7 Å². The Morgan fingerprint density at radius 1 is 1.45 bits per heavy atom. The van der Waals surface area contributed by atoms with Crippen LogP contribution in [-0.4, -0.2) is 36.0 Å². The number of hydrogen-bond acceptors (Lipinski definition) is 3. The van der Waals surface area contributed by atoms with E-state index in [1.54, 1.807) is 0 Å². The lowest BCUT2D eigenvalue weighted by Crippen LogP contribution is -2.43. The van der Waals surface area contributed by atoms with Gasteiger partial charge < -0.3 is 20.4 Å². The number of carbonyl (C=O) groups excluding carboxylic acids is 1. The van der Waals surface area contributed by atoms with Crippen molar-refractivity contribution in [2.24, 2.45) is 5.73 Å². The number of aromatic nitrogens is 1. The number of nitrogens with two attached hydrogens (primary N) is 1. The van der Waals surface area contributed by atoms with Gasteiger partial charge in [0.15, 0.2) is 0 Å². The molecule has 3 N–H and O–H groups in total. The van der Waals surface area contributed by atoms with Gasteiger partial charge in [0.2, 0.25) is 5.91 Å². The number of pyridine rings is 1. The fourth-order valence-corrected chi connectivity index (χ4v) is 3.49. The number of piperidine rings is 1. The van der Waals surface area contributed by atoms with Crippen LogP contribution in [0.4, 0.5) is 5.69 Å². The summed E-state index contributed by atoms with van der Waals surface area (Å²) in [5.41, 5.74) is 9.27. The lowest BCUT2D eigenvalue weighted by Gasteiger charge is -2.35. The highest BCUT2D eigenvalue weighted by Gasteiger charge is 2.22. The van der Waals surface area contributed by atoms with Crippen LogP contribution in [0.3, 0.4) is 0 Å². The molecule has 1 aliphatic heterocycles. The van der Waals surface area contributed by atoms with Crippen molar-refractivity contribution in [3.63, 3.8) is 0 Å². The first-order valence-electron chi connectivity index (χ1n) is 8.00. The molecule has 22 heavy (non-hydrogen) atoms. The van der Waals surface area contributed by atoms with Crippen molar-refractivity contribution < 1.29 is 4.79 Å². The largest absolute Gasteiger partial charge is 0.367 e. The van der Waals surface area contributed by atoms with Gasteiger partial charge in [-0.1, -0.05) is 0 Å². The third kappa shape index (κ3) is 2.57. The molecule has 5 nitrogen and oxygen atoms in total. The van der Waals surface area contributed by atoms with Crippen molar-refractivity contribution >= 4 is 17.1 Å². The molecule has 1 aliphatic rings. The highest BCUT2D eigenvalue weighted by atomic mass is 16.1. The van der Waals surface area contributed by atoms with Crippen molar-refractivity contribution in [2.75, 3.05) is 24.5 Å². The molecule has 0 spiro atoms. The first kappa shape index (κ1) is 14.9. The smallest absolute Gasteiger partial charge is 0.249 e. The second-order valence-electron chi connectivity index (χ2n) is 6.00. The van der Waals surface area contributed by atoms with Gasteiger partial charge in [0.05, 0.1) is 11.2 Å². The van der Waals surface area contributed by atoms with Crippen molar-refractivity contribution in [1.29, 1.82) is 0 Å². The SMILES string of the molecule is CCN(c1ccn2cc(C)c(C(N)=O)cc12)C1CCNCC1. The van der Waals surface area contributed by atoms with Crippen LogP contribution in [-0.2, 0) is 0 Å². The molecule has 0 aromatic carbocycles. The van der Waals surface area contributed by atoms with E-state index in [2.05, 4.69) is 33.8 Å². The number of rotatable bonds is 4. The van der Waals surface area contributed by atoms with E-state index >= 15 is 0 Å². The van der Waals surface area contributed by atoms with Crippen LogP contribution in [0.15, 0.2) is 24.5 Å². The first-order chi connectivity index (χ1) is 10.6. The summed E-state index contributed by atoms with van der Waals surface area (Å²) < 4.78 is 2.08. The normalized spacial score (nSPS) is 16.1. The highest BCUT2D eigenvalue weighted by Crippen LogP contribution is 2.29. The molecule has 0 saturated carbocycles. The van der Waals surface area contributed by atoms with E-state index in [4.69, 9.17) is 5.73 Å². The van der Waals surface area contributed by atoms with Crippen LogP contribution in [0, 0.1) is 6.92 Å². The van der Waals surface area contributed by atoms with Crippen LogP contribution in [0.5, 0.6) is 0 Å². The number of hydrogen-bond donors (Lipinski definition) is 2. The van der Waals surface area contributed by atoms with Crippen LogP contribution < -0.4 is 16.0 Å². The fraction of sp³-hybridized carbons (Fsp3) is 0.471. The Morgan fingerprint density at radius 2 is 2.18 bits per heavy atom. The van der Waals surface area contributed by atoms with Gasteiger partial charge in [-0.2, -0.15) is 0 Å². The lowest BCUT2D eigenvalue weighted by molar-refractivity contribution is 0.0999. The number of nitrogens with zero attached hydrogens (tertiary/aromatic N) is 2. The number of amides is 1. The van der Waals surface area contributed by atoms with Gasteiger partial charge in [-0.05, 0) is 57.5 Å². The maximum absolute atomic E-state index is 11.6. The monoisotopic (exact) mass is 300 g/mol. The van der Waals surface area contributed by atoms with Gasteiger partial charge in [0.1, 0.15) is 0 Å². The second-order valence-corrected chi connectivity index (χ2v) is 6.00. The Labute approximate surface area is 131 Å². The van der Waals surface area contributed by atoms with Gasteiger partial charge in [0.25, 0.3) is 0 Å². The van der Waals surface area contributed by atoms with E-state index in [9.17, 15) is 4.79 Å². The Morgan fingerprint density at radius 3 is 2.82 bits per heavy atom. The summed E-state index contributed by atoms with van der Waals surface area (Å²) in [7, 11) is 0. The predicted molar refractivity (Wildman–Crippen MR) is 89.6 cm³/mol. The number of nitrogens with one attached hydrogen (secondary N) is 1. The topological polar surface area (TPSA) is 62.8 Å². The first-order valence-corrected chi connectivity index (χ1v) is 8.00. The summed E-state index contributed by atoms with van der Waals surface area (Å²) in [6.45, 7) is 7.21. The fourth-order valence-electron chi connectivity index (χ4n) is 3.49. The number of aryl methyl sites for hydroxylation is 1. The standard InChI is InChI=1S/C17H24N4O/c1-3-21(13-4-7-19-8-5-13)15-6-9-20-11-12(2)14(17(18)22)10-16(15)20/h6,9-11,13,19H,3-5,7-8H2,1-2H3,(H2,18,22). The van der Waals surface area contributed by atoms with Crippen molar-refractivity contribution in [1.82, 2.24) is 9.72 Å². The predicted octanol–water partition coefficient (Wildman–Crippen LogP) is 1.92. The number of carbonyl (C=O) groups is 1. The second kappa shape index (κ2) is 6.01. The zero-order valence-corrected chi connectivity index (χ0v) is 13.3. The zero-order chi connectivity index (χ0) is 15.7. The molecule has 2 aromatic heterocycles.